The third-order valence-corrected chi connectivity index (χ3v) is 8.99. The van der Waals surface area contributed by atoms with Gasteiger partial charge in [-0.05, 0) is 5.92 Å². The number of esters is 5. The monoisotopic (exact) mass is 696 g/mol. The number of hydrogen-bond donors (Lipinski definition) is 0. The Kier molecular flexibility index (Phi) is 12.6. The first-order chi connectivity index (χ1) is 23.2. The van der Waals surface area contributed by atoms with Crippen LogP contribution in [-0.4, -0.2) is 71.8 Å². The highest BCUT2D eigenvalue weighted by Gasteiger charge is 2.65. The molecular formula is C38H48O12. The second-order valence-electron chi connectivity index (χ2n) is 13.6. The smallest absolute Gasteiger partial charge is 0.303 e. The molecule has 0 N–H and O–H groups in total. The molecule has 0 aliphatic heterocycles. The van der Waals surface area contributed by atoms with Gasteiger partial charge in [-0.3, -0.25) is 28.8 Å². The van der Waals surface area contributed by atoms with Gasteiger partial charge in [-0.2, -0.15) is 0 Å². The van der Waals surface area contributed by atoms with E-state index in [0.717, 1.165) is 13.8 Å². The normalized spacial score (nSPS) is 30.7. The molecule has 2 aliphatic carbocycles. The van der Waals surface area contributed by atoms with E-state index in [0.29, 0.717) is 5.56 Å². The van der Waals surface area contributed by atoms with Gasteiger partial charge in [0.05, 0.1) is 5.92 Å². The standard InChI is InChI=1S/C38H48O12/c1-20-17-18-37(10,11)36(49-27(8)42)34(48-26(7)41)33(47-25(6)40)22(3)32(45-23(4)29-15-13-12-14-16-29)30-31(46-24(5)39)21(2)19-38(30,35(20)44)50-28(9)43/h12-18,20-21,30-34,36H,3-4,19H2,1-2,5-11H3/t20-,21-,30+,31-,32-,33-,34+,36+,38+/m0/s1. The largest absolute Gasteiger partial charge is 0.485 e. The Morgan fingerprint density at radius 1 is 0.740 bits per heavy atom. The average molecular weight is 697 g/mol. The van der Waals surface area contributed by atoms with Gasteiger partial charge in [-0.15, -0.1) is 0 Å². The molecule has 50 heavy (non-hydrogen) atoms. The molecule has 0 bridgehead atoms. The van der Waals surface area contributed by atoms with Crippen molar-refractivity contribution in [2.45, 2.75) is 105 Å². The molecule has 0 heterocycles. The number of carbonyl (C=O) groups is 6. The number of ether oxygens (including phenoxy) is 6. The van der Waals surface area contributed by atoms with Crippen molar-refractivity contribution in [3.8, 4) is 0 Å². The van der Waals surface area contributed by atoms with Crippen molar-refractivity contribution < 1.29 is 57.2 Å². The number of hydrogen-bond acceptors (Lipinski definition) is 12. The third-order valence-electron chi connectivity index (χ3n) is 8.99. The van der Waals surface area contributed by atoms with E-state index in [-0.39, 0.29) is 17.8 Å². The van der Waals surface area contributed by atoms with Gasteiger partial charge in [0, 0.05) is 63.5 Å². The summed E-state index contributed by atoms with van der Waals surface area (Å²) in [5.41, 5.74) is -2.67. The van der Waals surface area contributed by atoms with Crippen LogP contribution in [-0.2, 0) is 57.2 Å². The second kappa shape index (κ2) is 15.9. The molecule has 1 aromatic carbocycles. The molecule has 3 rings (SSSR count). The number of benzene rings is 1. The van der Waals surface area contributed by atoms with Gasteiger partial charge in [-0.1, -0.05) is 83.3 Å². The summed E-state index contributed by atoms with van der Waals surface area (Å²) >= 11 is 0. The molecule has 0 radical (unpaired) electrons. The predicted octanol–water partition coefficient (Wildman–Crippen LogP) is 5.08. The molecule has 1 aromatic rings. The van der Waals surface area contributed by atoms with Gasteiger partial charge in [0.1, 0.15) is 18.0 Å². The Balaban J connectivity index is 2.52. The highest BCUT2D eigenvalue weighted by molar-refractivity contribution is 5.93. The first-order valence-electron chi connectivity index (χ1n) is 16.4. The van der Waals surface area contributed by atoms with Gasteiger partial charge in [0.25, 0.3) is 0 Å². The summed E-state index contributed by atoms with van der Waals surface area (Å²) in [6, 6.07) is 8.75. The molecule has 12 nitrogen and oxygen atoms in total. The lowest BCUT2D eigenvalue weighted by molar-refractivity contribution is -0.191. The Morgan fingerprint density at radius 2 is 1.28 bits per heavy atom. The van der Waals surface area contributed by atoms with E-state index in [9.17, 15) is 28.8 Å². The maximum absolute atomic E-state index is 14.8. The highest BCUT2D eigenvalue weighted by atomic mass is 16.6. The molecule has 0 spiro atoms. The number of carbonyl (C=O) groups excluding carboxylic acids is 6. The van der Waals surface area contributed by atoms with Gasteiger partial charge in [-0.25, -0.2) is 0 Å². The third kappa shape index (κ3) is 8.88. The summed E-state index contributed by atoms with van der Waals surface area (Å²) in [4.78, 5) is 78.5. The zero-order valence-electron chi connectivity index (χ0n) is 30.2. The minimum absolute atomic E-state index is 0.0672. The van der Waals surface area contributed by atoms with E-state index >= 15 is 0 Å². The van der Waals surface area contributed by atoms with Crippen molar-refractivity contribution in [2.75, 3.05) is 0 Å². The van der Waals surface area contributed by atoms with E-state index in [1.807, 2.05) is 0 Å². The average Bonchev–Trinajstić information content (AvgIpc) is 3.27. The zero-order valence-corrected chi connectivity index (χ0v) is 30.2. The minimum Gasteiger partial charge on any atom is -0.485 e. The van der Waals surface area contributed by atoms with Crippen LogP contribution >= 0.6 is 0 Å². The van der Waals surface area contributed by atoms with Crippen LogP contribution in [0.1, 0.15) is 74.3 Å². The molecule has 12 heteroatoms. The SMILES string of the molecule is C=C(O[C@H]1C(=C)[C@H](OC(C)=O)[C@@H](OC(C)=O)[C@@H](OC(C)=O)C(C)(C)C=C[C@H](C)C(=O)[C@@]2(OC(C)=O)C[C@H](C)[C@H](OC(C)=O)[C@H]12)c1ccccc1. The second-order valence-corrected chi connectivity index (χ2v) is 13.6. The fraction of sp³-hybridized carbons (Fsp3) is 0.526. The number of ketones is 1. The lowest BCUT2D eigenvalue weighted by Gasteiger charge is -2.45. The van der Waals surface area contributed by atoms with Crippen LogP contribution in [0.5, 0.6) is 0 Å². The van der Waals surface area contributed by atoms with Crippen LogP contribution < -0.4 is 0 Å². The molecule has 0 saturated heterocycles. The fourth-order valence-corrected chi connectivity index (χ4v) is 7.00. The molecule has 1 saturated carbocycles. The summed E-state index contributed by atoms with van der Waals surface area (Å²) in [6.45, 7) is 21.0. The van der Waals surface area contributed by atoms with Crippen LogP contribution in [0.2, 0.25) is 0 Å². The number of Topliss-reactive ketones (excluding diaryl/α,β-unsaturated/α-hetero) is 1. The quantitative estimate of drug-likeness (QED) is 0.154. The van der Waals surface area contributed by atoms with Crippen molar-refractivity contribution in [1.82, 2.24) is 0 Å². The molecule has 1 fully saturated rings. The summed E-state index contributed by atoms with van der Waals surface area (Å²) in [5.74, 6) is -7.01. The summed E-state index contributed by atoms with van der Waals surface area (Å²) in [7, 11) is 0. The van der Waals surface area contributed by atoms with E-state index < -0.39 is 94.9 Å². The van der Waals surface area contributed by atoms with Gasteiger partial charge in [0.2, 0.25) is 0 Å². The van der Waals surface area contributed by atoms with Crippen molar-refractivity contribution in [3.63, 3.8) is 0 Å². The fourth-order valence-electron chi connectivity index (χ4n) is 7.00. The zero-order chi connectivity index (χ0) is 37.7. The van der Waals surface area contributed by atoms with Crippen LogP contribution in [0.15, 0.2) is 61.2 Å². The van der Waals surface area contributed by atoms with Crippen molar-refractivity contribution in [1.29, 1.82) is 0 Å². The minimum atomic E-state index is -1.96. The summed E-state index contributed by atoms with van der Waals surface area (Å²) in [5, 5.41) is 0. The van der Waals surface area contributed by atoms with E-state index in [2.05, 4.69) is 13.2 Å². The van der Waals surface area contributed by atoms with Crippen molar-refractivity contribution in [2.24, 2.45) is 23.2 Å². The van der Waals surface area contributed by atoms with Crippen molar-refractivity contribution in [3.05, 3.63) is 66.8 Å². The first-order valence-corrected chi connectivity index (χ1v) is 16.4. The summed E-state index contributed by atoms with van der Waals surface area (Å²) in [6.07, 6.45) is -3.83. The number of rotatable bonds is 8. The molecule has 2 aliphatic rings. The van der Waals surface area contributed by atoms with Crippen molar-refractivity contribution >= 4 is 41.4 Å². The van der Waals surface area contributed by atoms with Gasteiger partial charge in [0.15, 0.2) is 29.7 Å². The lowest BCUT2D eigenvalue weighted by atomic mass is 9.72. The Labute approximate surface area is 293 Å². The van der Waals surface area contributed by atoms with E-state index in [1.165, 1.54) is 20.8 Å². The molecule has 9 atom stereocenters. The Morgan fingerprint density at radius 3 is 1.80 bits per heavy atom. The Bertz CT molecular complexity index is 1540. The van der Waals surface area contributed by atoms with Crippen LogP contribution in [0, 0.1) is 23.2 Å². The summed E-state index contributed by atoms with van der Waals surface area (Å²) < 4.78 is 36.0. The van der Waals surface area contributed by atoms with E-state index in [1.54, 1.807) is 70.2 Å². The van der Waals surface area contributed by atoms with Crippen LogP contribution in [0.25, 0.3) is 5.76 Å². The first kappa shape index (κ1) is 39.7. The highest BCUT2D eigenvalue weighted by Crippen LogP contribution is 2.51. The van der Waals surface area contributed by atoms with Gasteiger partial charge < -0.3 is 28.4 Å². The number of allylic oxidation sites excluding steroid dienone is 1. The molecule has 0 unspecified atom stereocenters. The molecular weight excluding hydrogens is 648 g/mol. The van der Waals surface area contributed by atoms with Crippen LogP contribution in [0.4, 0.5) is 0 Å². The molecule has 272 valence electrons. The molecule has 0 amide bonds. The topological polar surface area (TPSA) is 158 Å². The lowest BCUT2D eigenvalue weighted by Crippen LogP contribution is -2.58. The maximum atomic E-state index is 14.8. The van der Waals surface area contributed by atoms with Crippen LogP contribution in [0.3, 0.4) is 0 Å². The predicted molar refractivity (Wildman–Crippen MR) is 181 cm³/mol. The Hall–Kier alpha value is -4.74. The van der Waals surface area contributed by atoms with E-state index in [4.69, 9.17) is 28.4 Å². The number of fused-ring (bicyclic) bond motifs is 1. The molecule has 0 aromatic heterocycles. The van der Waals surface area contributed by atoms with Gasteiger partial charge >= 0.3 is 29.8 Å². The maximum Gasteiger partial charge on any atom is 0.303 e.